The molecule has 26 heavy (non-hydrogen) atoms. The van der Waals surface area contributed by atoms with Gasteiger partial charge in [-0.3, -0.25) is 0 Å². The molecule has 0 saturated heterocycles. The lowest BCUT2D eigenvalue weighted by molar-refractivity contribution is -0.219. The van der Waals surface area contributed by atoms with E-state index in [1.165, 1.54) is 13.8 Å². The molecule has 1 unspecified atom stereocenters. The molecule has 5 nitrogen and oxygen atoms in total. The number of carboxylic acid groups (broad SMARTS) is 2. The van der Waals surface area contributed by atoms with E-state index in [-0.39, 0.29) is 4.90 Å². The van der Waals surface area contributed by atoms with E-state index in [1.54, 1.807) is 0 Å². The molecule has 2 N–H and O–H groups in total. The van der Waals surface area contributed by atoms with Gasteiger partial charge in [-0.25, -0.2) is 9.59 Å². The Labute approximate surface area is 144 Å². The SMILES string of the molecule is CC(C)CC1=C(C(=O)O)C(C)(C(F)(F)F)N(C)C(C(F)(F)F)=C1C(=O)O. The minimum atomic E-state index is -5.44. The molecule has 0 aromatic rings. The van der Waals surface area contributed by atoms with Crippen molar-refractivity contribution in [3.8, 4) is 0 Å². The molecule has 1 atom stereocenters. The fraction of sp³-hybridized carbons (Fsp3) is 0.600. The molecule has 0 amide bonds. The Morgan fingerprint density at radius 1 is 1.08 bits per heavy atom. The van der Waals surface area contributed by atoms with Crippen molar-refractivity contribution < 1.29 is 46.1 Å². The molecule has 0 aromatic carbocycles. The smallest absolute Gasteiger partial charge is 0.432 e. The summed E-state index contributed by atoms with van der Waals surface area (Å²) >= 11 is 0. The van der Waals surface area contributed by atoms with Crippen molar-refractivity contribution in [2.75, 3.05) is 7.05 Å². The molecular weight excluding hydrogens is 372 g/mol. The van der Waals surface area contributed by atoms with Gasteiger partial charge < -0.3 is 15.1 Å². The van der Waals surface area contributed by atoms with Crippen molar-refractivity contribution in [3.05, 3.63) is 22.4 Å². The molecule has 0 fully saturated rings. The number of carboxylic acids is 2. The van der Waals surface area contributed by atoms with Crippen molar-refractivity contribution in [1.29, 1.82) is 0 Å². The molecule has 0 bridgehead atoms. The van der Waals surface area contributed by atoms with Crippen LogP contribution in [0.1, 0.15) is 27.2 Å². The van der Waals surface area contributed by atoms with Crippen LogP contribution >= 0.6 is 0 Å². The average molecular weight is 389 g/mol. The van der Waals surface area contributed by atoms with Gasteiger partial charge in [-0.15, -0.1) is 0 Å². The summed E-state index contributed by atoms with van der Waals surface area (Å²) in [6, 6.07) is 0. The normalized spacial score (nSPS) is 22.3. The Morgan fingerprint density at radius 3 is 1.81 bits per heavy atom. The zero-order valence-electron chi connectivity index (χ0n) is 14.2. The van der Waals surface area contributed by atoms with Crippen LogP contribution in [-0.4, -0.2) is 52.0 Å². The van der Waals surface area contributed by atoms with Gasteiger partial charge in [0.05, 0.1) is 11.1 Å². The molecule has 1 aliphatic rings. The molecule has 1 rings (SSSR count). The monoisotopic (exact) mass is 389 g/mol. The van der Waals surface area contributed by atoms with Crippen molar-refractivity contribution in [3.63, 3.8) is 0 Å². The number of hydrogen-bond acceptors (Lipinski definition) is 3. The van der Waals surface area contributed by atoms with Crippen LogP contribution in [0, 0.1) is 5.92 Å². The van der Waals surface area contributed by atoms with Gasteiger partial charge in [-0.2, -0.15) is 26.3 Å². The molecule has 0 radical (unpaired) electrons. The van der Waals surface area contributed by atoms with Gasteiger partial charge in [-0.1, -0.05) is 13.8 Å². The van der Waals surface area contributed by atoms with E-state index in [0.717, 1.165) is 0 Å². The van der Waals surface area contributed by atoms with Gasteiger partial charge in [0.1, 0.15) is 5.70 Å². The second-order valence-corrected chi connectivity index (χ2v) is 6.41. The van der Waals surface area contributed by atoms with Crippen LogP contribution in [-0.2, 0) is 9.59 Å². The van der Waals surface area contributed by atoms with E-state index < -0.39 is 64.6 Å². The van der Waals surface area contributed by atoms with Gasteiger partial charge in [-0.05, 0) is 24.8 Å². The standard InChI is InChI=1S/C15H17F6NO4/c1-6(2)5-7-8(11(23)24)10(14(16,17)18)22(4)13(3,15(19,20)21)9(7)12(25)26/h6H,5H2,1-4H3,(H,23,24)(H,25,26). The number of rotatable bonds is 4. The summed E-state index contributed by atoms with van der Waals surface area (Å²) in [6.45, 7) is 3.13. The van der Waals surface area contributed by atoms with Crippen LogP contribution < -0.4 is 0 Å². The first-order chi connectivity index (χ1) is 11.5. The largest absolute Gasteiger partial charge is 0.478 e. The summed E-state index contributed by atoms with van der Waals surface area (Å²) in [7, 11) is 0.383. The summed E-state index contributed by atoms with van der Waals surface area (Å²) < 4.78 is 81.5. The average Bonchev–Trinajstić information content (AvgIpc) is 2.37. The van der Waals surface area contributed by atoms with Gasteiger partial charge in [0.2, 0.25) is 0 Å². The Morgan fingerprint density at radius 2 is 1.54 bits per heavy atom. The molecule has 0 saturated carbocycles. The quantitative estimate of drug-likeness (QED) is 0.719. The van der Waals surface area contributed by atoms with Gasteiger partial charge in [0.15, 0.2) is 5.54 Å². The predicted octanol–water partition coefficient (Wildman–Crippen LogP) is 3.58. The number of halogens is 6. The Bertz CT molecular complexity index is 689. The van der Waals surface area contributed by atoms with E-state index >= 15 is 0 Å². The summed E-state index contributed by atoms with van der Waals surface area (Å²) in [6.07, 6.45) is -11.4. The molecule has 0 aliphatic carbocycles. The third kappa shape index (κ3) is 3.38. The Hall–Kier alpha value is -2.20. The van der Waals surface area contributed by atoms with Gasteiger partial charge >= 0.3 is 24.3 Å². The second-order valence-electron chi connectivity index (χ2n) is 6.41. The third-order valence-electron chi connectivity index (χ3n) is 4.19. The lowest BCUT2D eigenvalue weighted by Crippen LogP contribution is -2.61. The third-order valence-corrected chi connectivity index (χ3v) is 4.19. The molecule has 0 aromatic heterocycles. The summed E-state index contributed by atoms with van der Waals surface area (Å²) in [4.78, 5) is 22.7. The summed E-state index contributed by atoms with van der Waals surface area (Å²) in [5.74, 6) is -4.88. The maximum atomic E-state index is 13.7. The maximum absolute atomic E-state index is 13.7. The number of likely N-dealkylation sites (N-methyl/N-ethyl adjacent to an activating group) is 1. The topological polar surface area (TPSA) is 77.8 Å². The van der Waals surface area contributed by atoms with Crippen molar-refractivity contribution >= 4 is 11.9 Å². The highest BCUT2D eigenvalue weighted by Gasteiger charge is 2.65. The first kappa shape index (κ1) is 21.8. The Balaban J connectivity index is 4.16. The highest BCUT2D eigenvalue weighted by Crippen LogP contribution is 2.51. The fourth-order valence-electron chi connectivity index (χ4n) is 2.96. The van der Waals surface area contributed by atoms with Crippen LogP contribution in [0.4, 0.5) is 26.3 Å². The predicted molar refractivity (Wildman–Crippen MR) is 77.1 cm³/mol. The van der Waals surface area contributed by atoms with E-state index in [1.807, 2.05) is 0 Å². The molecule has 1 heterocycles. The van der Waals surface area contributed by atoms with E-state index in [2.05, 4.69) is 0 Å². The number of allylic oxidation sites excluding steroid dienone is 1. The van der Waals surface area contributed by atoms with Crippen LogP contribution in [0.5, 0.6) is 0 Å². The summed E-state index contributed by atoms with van der Waals surface area (Å²) in [5, 5.41) is 18.6. The van der Waals surface area contributed by atoms with E-state index in [9.17, 15) is 46.1 Å². The van der Waals surface area contributed by atoms with Crippen LogP contribution in [0.25, 0.3) is 0 Å². The maximum Gasteiger partial charge on any atom is 0.432 e. The van der Waals surface area contributed by atoms with Crippen LogP contribution in [0.2, 0.25) is 0 Å². The molecule has 0 spiro atoms. The van der Waals surface area contributed by atoms with Crippen molar-refractivity contribution in [2.45, 2.75) is 45.1 Å². The first-order valence-corrected chi connectivity index (χ1v) is 7.30. The van der Waals surface area contributed by atoms with Gasteiger partial charge in [0, 0.05) is 7.05 Å². The number of alkyl halides is 6. The van der Waals surface area contributed by atoms with Crippen molar-refractivity contribution in [2.24, 2.45) is 5.92 Å². The molecule has 11 heteroatoms. The highest BCUT2D eigenvalue weighted by molar-refractivity contribution is 6.00. The van der Waals surface area contributed by atoms with E-state index in [0.29, 0.717) is 14.0 Å². The number of nitrogens with zero attached hydrogens (tertiary/aromatic N) is 1. The Kier molecular flexibility index (Phi) is 5.47. The molecule has 1 aliphatic heterocycles. The lowest BCUT2D eigenvalue weighted by atomic mass is 9.76. The number of carbonyl (C=O) groups is 2. The second kappa shape index (κ2) is 6.51. The van der Waals surface area contributed by atoms with Crippen LogP contribution in [0.15, 0.2) is 22.4 Å². The summed E-state index contributed by atoms with van der Waals surface area (Å²) in [5.41, 5.74) is -9.48. The van der Waals surface area contributed by atoms with Gasteiger partial charge in [0.25, 0.3) is 0 Å². The van der Waals surface area contributed by atoms with E-state index in [4.69, 9.17) is 0 Å². The lowest BCUT2D eigenvalue weighted by Gasteiger charge is -2.47. The van der Waals surface area contributed by atoms with Crippen LogP contribution in [0.3, 0.4) is 0 Å². The minimum absolute atomic E-state index is 0.293. The minimum Gasteiger partial charge on any atom is -0.478 e. The first-order valence-electron chi connectivity index (χ1n) is 7.30. The highest BCUT2D eigenvalue weighted by atomic mass is 19.4. The molecular formula is C15H17F6NO4. The van der Waals surface area contributed by atoms with Crippen molar-refractivity contribution in [1.82, 2.24) is 4.90 Å². The number of hydrogen-bond donors (Lipinski definition) is 2. The molecule has 148 valence electrons. The number of aliphatic carboxylic acids is 2. The zero-order valence-corrected chi connectivity index (χ0v) is 14.2. The fourth-order valence-corrected chi connectivity index (χ4v) is 2.96. The zero-order chi connectivity index (χ0) is 20.8.